The molecule has 7 nitrogen and oxygen atoms in total. The molecule has 200 valence electrons. The number of ether oxygens (including phenoxy) is 3. The Morgan fingerprint density at radius 2 is 1.71 bits per heavy atom. The van der Waals surface area contributed by atoms with Crippen LogP contribution in [0.15, 0.2) is 60.8 Å². The topological polar surface area (TPSA) is 74.1 Å². The molecule has 0 fully saturated rings. The Hall–Kier alpha value is -4.00. The number of carbonyl (C=O) groups is 1. The minimum Gasteiger partial charge on any atom is -0.497 e. The van der Waals surface area contributed by atoms with Gasteiger partial charge in [0, 0.05) is 23.4 Å². The second-order valence-corrected chi connectivity index (χ2v) is 11.5. The fourth-order valence-corrected chi connectivity index (χ4v) is 4.99. The number of nitrogens with zero attached hydrogens (tertiary/aromatic N) is 2. The lowest BCUT2D eigenvalue weighted by Gasteiger charge is -2.34. The van der Waals surface area contributed by atoms with E-state index in [0.717, 1.165) is 34.7 Å². The number of anilines is 1. The van der Waals surface area contributed by atoms with Crippen molar-refractivity contribution >= 4 is 17.4 Å². The highest BCUT2D eigenvalue weighted by Gasteiger charge is 2.28. The number of nitrogens with one attached hydrogen (secondary N) is 1. The van der Waals surface area contributed by atoms with Gasteiger partial charge in [0.25, 0.3) is 0 Å². The van der Waals surface area contributed by atoms with Gasteiger partial charge in [0.05, 0.1) is 14.2 Å². The lowest BCUT2D eigenvalue weighted by molar-refractivity contribution is 0.0731. The third-order valence-corrected chi connectivity index (χ3v) is 6.16. The fraction of sp³-hybridized carbons (Fsp3) is 0.355. The molecule has 0 amide bonds. The van der Waals surface area contributed by atoms with Crippen LogP contribution in [-0.2, 0) is 0 Å². The number of esters is 1. The second-order valence-electron chi connectivity index (χ2n) is 11.5. The van der Waals surface area contributed by atoms with E-state index < -0.39 is 5.97 Å². The summed E-state index contributed by atoms with van der Waals surface area (Å²) in [4.78, 5) is 18.0. The van der Waals surface area contributed by atoms with Crippen molar-refractivity contribution in [2.75, 3.05) is 19.5 Å². The Bertz CT molecular complexity index is 1460. The van der Waals surface area contributed by atoms with Gasteiger partial charge < -0.3 is 19.5 Å². The Kier molecular flexibility index (Phi) is 7.40. The van der Waals surface area contributed by atoms with Gasteiger partial charge in [-0.25, -0.2) is 9.78 Å². The fourth-order valence-electron chi connectivity index (χ4n) is 4.99. The first-order valence-electron chi connectivity index (χ1n) is 12.7. The summed E-state index contributed by atoms with van der Waals surface area (Å²) in [6.07, 6.45) is 3.00. The summed E-state index contributed by atoms with van der Waals surface area (Å²) < 4.78 is 18.5. The van der Waals surface area contributed by atoms with E-state index in [4.69, 9.17) is 19.2 Å². The molecule has 0 radical (unpaired) electrons. The Labute approximate surface area is 224 Å². The predicted molar refractivity (Wildman–Crippen MR) is 152 cm³/mol. The van der Waals surface area contributed by atoms with Gasteiger partial charge in [-0.05, 0) is 74.6 Å². The highest BCUT2D eigenvalue weighted by atomic mass is 16.5. The molecule has 0 unspecified atom stereocenters. The van der Waals surface area contributed by atoms with Gasteiger partial charge >= 0.3 is 5.97 Å². The number of benzene rings is 2. The summed E-state index contributed by atoms with van der Waals surface area (Å²) in [5.74, 6) is 1.77. The van der Waals surface area contributed by atoms with E-state index in [1.807, 2.05) is 24.4 Å². The highest BCUT2D eigenvalue weighted by Crippen LogP contribution is 2.36. The molecule has 0 atom stereocenters. The Morgan fingerprint density at radius 3 is 2.39 bits per heavy atom. The van der Waals surface area contributed by atoms with Crippen LogP contribution in [-0.4, -0.2) is 35.1 Å². The van der Waals surface area contributed by atoms with Crippen LogP contribution in [0.4, 0.5) is 5.82 Å². The van der Waals surface area contributed by atoms with Gasteiger partial charge in [-0.15, -0.1) is 0 Å². The first-order valence-corrected chi connectivity index (χ1v) is 12.7. The van der Waals surface area contributed by atoms with Crippen LogP contribution in [0.1, 0.15) is 57.0 Å². The molecule has 0 saturated carbocycles. The van der Waals surface area contributed by atoms with E-state index in [2.05, 4.69) is 63.4 Å². The minimum absolute atomic E-state index is 0.143. The molecule has 2 aromatic carbocycles. The van der Waals surface area contributed by atoms with E-state index in [9.17, 15) is 4.79 Å². The van der Waals surface area contributed by atoms with Crippen molar-refractivity contribution in [2.45, 2.75) is 53.5 Å². The summed E-state index contributed by atoms with van der Waals surface area (Å²) in [6.45, 7) is 13.2. The smallest absolute Gasteiger partial charge is 0.347 e. The number of hydrogen-bond acceptors (Lipinski definition) is 6. The quantitative estimate of drug-likeness (QED) is 0.198. The molecule has 0 spiro atoms. The predicted octanol–water partition coefficient (Wildman–Crippen LogP) is 7.17. The Balaban J connectivity index is 1.71. The molecule has 38 heavy (non-hydrogen) atoms. The summed E-state index contributed by atoms with van der Waals surface area (Å²) >= 11 is 0. The number of carbonyl (C=O) groups excluding carboxylic acids is 1. The average molecular weight is 516 g/mol. The van der Waals surface area contributed by atoms with Crippen molar-refractivity contribution in [3.63, 3.8) is 0 Å². The molecule has 0 bridgehead atoms. The van der Waals surface area contributed by atoms with Crippen LogP contribution in [0.25, 0.3) is 16.9 Å². The molecule has 2 aromatic heterocycles. The molecule has 7 heteroatoms. The number of fused-ring (bicyclic) bond motifs is 1. The van der Waals surface area contributed by atoms with Crippen LogP contribution >= 0.6 is 0 Å². The Morgan fingerprint density at radius 1 is 0.947 bits per heavy atom. The number of aryl methyl sites for hydroxylation is 1. The zero-order valence-corrected chi connectivity index (χ0v) is 23.5. The first-order chi connectivity index (χ1) is 17.9. The molecule has 0 aliphatic heterocycles. The third kappa shape index (κ3) is 6.10. The van der Waals surface area contributed by atoms with Crippen LogP contribution < -0.4 is 19.5 Å². The number of methoxy groups -OCH3 is 2. The maximum atomic E-state index is 13.0. The normalized spacial score (nSPS) is 11.9. The monoisotopic (exact) mass is 515 g/mol. The van der Waals surface area contributed by atoms with Gasteiger partial charge in [0.15, 0.2) is 0 Å². The lowest BCUT2D eigenvalue weighted by atomic mass is 9.82. The van der Waals surface area contributed by atoms with Gasteiger partial charge in [0.2, 0.25) is 0 Å². The van der Waals surface area contributed by atoms with E-state index in [0.29, 0.717) is 22.8 Å². The molecule has 4 rings (SSSR count). The van der Waals surface area contributed by atoms with E-state index in [1.54, 1.807) is 31.4 Å². The van der Waals surface area contributed by atoms with Gasteiger partial charge in [-0.2, -0.15) is 0 Å². The SMILES string of the molecule is COc1ccc(C(=O)Oc2cccc(-c3nc4cc(C)ccn4c3NC(C)(C)CC(C)(C)C)c2)c(OC)c1. The van der Waals surface area contributed by atoms with Crippen molar-refractivity contribution in [2.24, 2.45) is 5.41 Å². The van der Waals surface area contributed by atoms with Crippen LogP contribution in [0.3, 0.4) is 0 Å². The number of imidazole rings is 1. The minimum atomic E-state index is -0.517. The van der Waals surface area contributed by atoms with Crippen LogP contribution in [0.5, 0.6) is 17.2 Å². The standard InChI is InChI=1S/C31H37N3O4/c1-20-14-15-34-26(16-20)32-27(28(34)33-31(5,6)19-30(2,3)4)21-10-9-11-23(17-21)38-29(35)24-13-12-22(36-7)18-25(24)37-8/h9-18,33H,19H2,1-8H3. The van der Waals surface area contributed by atoms with Gasteiger partial charge in [-0.3, -0.25) is 4.40 Å². The molecule has 0 saturated heterocycles. The summed E-state index contributed by atoms with van der Waals surface area (Å²) in [6, 6.07) is 16.6. The lowest BCUT2D eigenvalue weighted by Crippen LogP contribution is -2.36. The maximum absolute atomic E-state index is 13.0. The molecule has 1 N–H and O–H groups in total. The van der Waals surface area contributed by atoms with Gasteiger partial charge in [0.1, 0.15) is 40.0 Å². The second kappa shape index (κ2) is 10.4. The number of pyridine rings is 1. The van der Waals surface area contributed by atoms with Crippen LogP contribution in [0.2, 0.25) is 0 Å². The molecular weight excluding hydrogens is 478 g/mol. The van der Waals surface area contributed by atoms with E-state index in [-0.39, 0.29) is 11.0 Å². The third-order valence-electron chi connectivity index (χ3n) is 6.16. The van der Waals surface area contributed by atoms with Gasteiger partial charge in [-0.1, -0.05) is 32.9 Å². The van der Waals surface area contributed by atoms with Crippen molar-refractivity contribution in [1.29, 1.82) is 0 Å². The highest BCUT2D eigenvalue weighted by molar-refractivity contribution is 5.94. The summed E-state index contributed by atoms with van der Waals surface area (Å²) in [7, 11) is 3.07. The molecule has 2 heterocycles. The molecule has 0 aliphatic rings. The van der Waals surface area contributed by atoms with Crippen molar-refractivity contribution in [1.82, 2.24) is 9.38 Å². The zero-order valence-electron chi connectivity index (χ0n) is 23.5. The van der Waals surface area contributed by atoms with Crippen molar-refractivity contribution in [3.05, 3.63) is 71.9 Å². The van der Waals surface area contributed by atoms with E-state index in [1.165, 1.54) is 7.11 Å². The maximum Gasteiger partial charge on any atom is 0.347 e. The first kappa shape index (κ1) is 27.0. The van der Waals surface area contributed by atoms with Crippen molar-refractivity contribution < 1.29 is 19.0 Å². The van der Waals surface area contributed by atoms with Crippen LogP contribution in [0, 0.1) is 12.3 Å². The van der Waals surface area contributed by atoms with Crippen molar-refractivity contribution in [3.8, 4) is 28.5 Å². The molecule has 4 aromatic rings. The molecule has 0 aliphatic carbocycles. The number of hydrogen-bond donors (Lipinski definition) is 1. The number of rotatable bonds is 8. The van der Waals surface area contributed by atoms with E-state index >= 15 is 0 Å². The average Bonchev–Trinajstić information content (AvgIpc) is 3.18. The zero-order chi connectivity index (χ0) is 27.7. The number of aromatic nitrogens is 2. The summed E-state index contributed by atoms with van der Waals surface area (Å²) in [5, 5.41) is 3.76. The largest absolute Gasteiger partial charge is 0.497 e. The summed E-state index contributed by atoms with van der Waals surface area (Å²) in [5.41, 5.74) is 3.87. The molecular formula is C31H37N3O4.